The van der Waals surface area contributed by atoms with E-state index in [9.17, 15) is 27.9 Å². The lowest BCUT2D eigenvalue weighted by Gasteiger charge is -2.32. The second kappa shape index (κ2) is 19.2. The first-order valence-corrected chi connectivity index (χ1v) is 18.9. The first kappa shape index (κ1) is 39.3. The molecule has 1 amide bonds. The van der Waals surface area contributed by atoms with Crippen LogP contribution in [0, 0.1) is 6.92 Å². The highest BCUT2D eigenvalue weighted by Gasteiger charge is 2.35. The van der Waals surface area contributed by atoms with Crippen molar-refractivity contribution in [2.75, 3.05) is 33.0 Å². The molecule has 51 heavy (non-hydrogen) atoms. The lowest BCUT2D eigenvalue weighted by atomic mass is 10.0. The molecule has 0 spiro atoms. The molecule has 15 nitrogen and oxygen atoms in total. The van der Waals surface area contributed by atoms with Gasteiger partial charge in [0.15, 0.2) is 18.1 Å². The molecule has 0 bridgehead atoms. The van der Waals surface area contributed by atoms with E-state index in [4.69, 9.17) is 29.4 Å². The van der Waals surface area contributed by atoms with Gasteiger partial charge in [-0.15, -0.1) is 11.3 Å². The molecule has 1 aliphatic heterocycles. The highest BCUT2D eigenvalue weighted by molar-refractivity contribution is 7.89. The van der Waals surface area contributed by atoms with Crippen molar-refractivity contribution in [2.45, 2.75) is 76.0 Å². The van der Waals surface area contributed by atoms with Gasteiger partial charge in [-0.1, -0.05) is 25.5 Å². The number of esters is 2. The number of fused-ring (bicyclic) bond motifs is 1. The molecule has 4 rings (SSSR count). The van der Waals surface area contributed by atoms with Crippen LogP contribution in [0.4, 0.5) is 4.79 Å². The number of nitrogens with two attached hydrogens (primary N) is 1. The Labute approximate surface area is 301 Å². The largest absolute Gasteiger partial charge is 0.487 e. The molecule has 0 saturated heterocycles. The molecule has 0 aliphatic carbocycles. The zero-order chi connectivity index (χ0) is 36.8. The SMILES string of the molecule is CCCN(C[C@@H](OC(=O)COC(=O)CCCCCN)[C@H](Cc1ccc(OCc2csc(C)n2)cc1)NC(=O)O)S(=O)(=O)c1ccc2c(c1)OCO2. The Hall–Kier alpha value is -4.45. The lowest BCUT2D eigenvalue weighted by Crippen LogP contribution is -2.52. The maximum atomic E-state index is 14.0. The number of carboxylic acid groups (broad SMARTS) is 1. The van der Waals surface area contributed by atoms with Crippen LogP contribution in [0.2, 0.25) is 0 Å². The van der Waals surface area contributed by atoms with Gasteiger partial charge in [0.2, 0.25) is 16.8 Å². The topological polar surface area (TPSA) is 206 Å². The van der Waals surface area contributed by atoms with E-state index in [1.54, 1.807) is 31.2 Å². The van der Waals surface area contributed by atoms with Crippen molar-refractivity contribution in [2.24, 2.45) is 5.73 Å². The van der Waals surface area contributed by atoms with Gasteiger partial charge in [0.05, 0.1) is 28.2 Å². The highest BCUT2D eigenvalue weighted by atomic mass is 32.2. The summed E-state index contributed by atoms with van der Waals surface area (Å²) in [4.78, 5) is 41.7. The van der Waals surface area contributed by atoms with Crippen LogP contribution in [0.25, 0.3) is 0 Å². The molecule has 3 aromatic rings. The number of carbonyl (C=O) groups excluding carboxylic acids is 2. The van der Waals surface area contributed by atoms with Gasteiger partial charge >= 0.3 is 18.0 Å². The Bertz CT molecular complexity index is 1720. The van der Waals surface area contributed by atoms with Crippen molar-refractivity contribution in [3.05, 3.63) is 64.1 Å². The first-order chi connectivity index (χ1) is 24.5. The van der Waals surface area contributed by atoms with E-state index in [0.29, 0.717) is 36.4 Å². The number of unbranched alkanes of at least 4 members (excludes halogenated alkanes) is 2. The van der Waals surface area contributed by atoms with Crippen molar-refractivity contribution in [3.8, 4) is 17.2 Å². The van der Waals surface area contributed by atoms with Gasteiger partial charge in [0.1, 0.15) is 18.5 Å². The molecule has 2 aromatic carbocycles. The van der Waals surface area contributed by atoms with Crippen LogP contribution in [0.1, 0.15) is 55.3 Å². The van der Waals surface area contributed by atoms with E-state index >= 15 is 0 Å². The number of amides is 1. The molecule has 0 saturated carbocycles. The lowest BCUT2D eigenvalue weighted by molar-refractivity contribution is -0.163. The molecule has 0 radical (unpaired) electrons. The number of nitrogens with one attached hydrogen (secondary N) is 1. The van der Waals surface area contributed by atoms with Crippen LogP contribution < -0.4 is 25.3 Å². The second-order valence-electron chi connectivity index (χ2n) is 11.7. The number of benzene rings is 2. The summed E-state index contributed by atoms with van der Waals surface area (Å²) in [7, 11) is -4.21. The Morgan fingerprint density at radius 3 is 2.53 bits per heavy atom. The van der Waals surface area contributed by atoms with Crippen LogP contribution in [0.5, 0.6) is 17.2 Å². The fourth-order valence-corrected chi connectivity index (χ4v) is 7.40. The molecule has 1 aromatic heterocycles. The van der Waals surface area contributed by atoms with Gasteiger partial charge in [-0.25, -0.2) is 23.0 Å². The van der Waals surface area contributed by atoms with Gasteiger partial charge in [0.25, 0.3) is 0 Å². The summed E-state index contributed by atoms with van der Waals surface area (Å²) in [6.07, 6.45) is -0.242. The summed E-state index contributed by atoms with van der Waals surface area (Å²) in [6, 6.07) is 10.00. The number of carbonyl (C=O) groups is 3. The predicted octanol–water partition coefficient (Wildman–Crippen LogP) is 4.01. The number of sulfonamides is 1. The molecule has 0 fully saturated rings. The van der Waals surface area contributed by atoms with E-state index in [0.717, 1.165) is 27.8 Å². The molecular formula is C34H44N4O11S2. The molecule has 17 heteroatoms. The zero-order valence-electron chi connectivity index (χ0n) is 28.6. The molecule has 1 aliphatic rings. The number of hydrogen-bond acceptors (Lipinski definition) is 13. The maximum Gasteiger partial charge on any atom is 0.405 e. The van der Waals surface area contributed by atoms with Crippen molar-refractivity contribution in [3.63, 3.8) is 0 Å². The van der Waals surface area contributed by atoms with Gasteiger partial charge in [-0.2, -0.15) is 4.31 Å². The normalized spacial score (nSPS) is 13.4. The molecule has 0 unspecified atom stereocenters. The summed E-state index contributed by atoms with van der Waals surface area (Å²) in [5, 5.41) is 15.1. The minimum absolute atomic E-state index is 0.0147. The number of aryl methyl sites for hydroxylation is 1. The van der Waals surface area contributed by atoms with Crippen molar-refractivity contribution >= 4 is 39.4 Å². The smallest absolute Gasteiger partial charge is 0.405 e. The van der Waals surface area contributed by atoms with Gasteiger partial charge in [-0.3, -0.25) is 4.79 Å². The van der Waals surface area contributed by atoms with Gasteiger partial charge < -0.3 is 39.8 Å². The number of ether oxygens (including phenoxy) is 5. The quantitative estimate of drug-likeness (QED) is 0.104. The Morgan fingerprint density at radius 1 is 1.08 bits per heavy atom. The van der Waals surface area contributed by atoms with Crippen molar-refractivity contribution in [1.29, 1.82) is 0 Å². The standard InChI is InChI=1S/C34H44N4O11S2/c1-3-15-38(51(43,44)27-12-13-29-30(17-27)48-22-47-29)18-31(49-33(40)20-46-32(39)7-5-4-6-14-35)28(37-34(41)42)16-24-8-10-26(11-9-24)45-19-25-21-50-23(2)36-25/h8-13,17,21,28,31,37H,3-7,14-16,18-20,22,35H2,1-2H3,(H,41,42)/t28-,31+/m0/s1. The molecule has 4 N–H and O–H groups in total. The predicted molar refractivity (Wildman–Crippen MR) is 186 cm³/mol. The van der Waals surface area contributed by atoms with Gasteiger partial charge in [-0.05, 0) is 69.0 Å². The molecule has 2 atom stereocenters. The molecular weight excluding hydrogens is 705 g/mol. The maximum absolute atomic E-state index is 14.0. The number of nitrogens with zero attached hydrogens (tertiary/aromatic N) is 2. The average molecular weight is 749 g/mol. The van der Waals surface area contributed by atoms with Gasteiger partial charge in [0, 0.05) is 24.4 Å². The van der Waals surface area contributed by atoms with E-state index in [1.807, 2.05) is 12.3 Å². The Balaban J connectivity index is 1.55. The number of rotatable bonds is 21. The van der Waals surface area contributed by atoms with Crippen LogP contribution in [-0.2, 0) is 42.1 Å². The fraction of sp³-hybridized carbons (Fsp3) is 0.471. The third kappa shape index (κ3) is 12.1. The van der Waals surface area contributed by atoms with E-state index < -0.39 is 53.4 Å². The number of thiazole rings is 1. The first-order valence-electron chi connectivity index (χ1n) is 16.6. The minimum Gasteiger partial charge on any atom is -0.487 e. The zero-order valence-corrected chi connectivity index (χ0v) is 30.2. The summed E-state index contributed by atoms with van der Waals surface area (Å²) < 4.78 is 56.4. The Morgan fingerprint density at radius 2 is 1.84 bits per heavy atom. The summed E-state index contributed by atoms with van der Waals surface area (Å²) in [5.41, 5.74) is 6.93. The van der Waals surface area contributed by atoms with Crippen molar-refractivity contribution < 1.29 is 51.6 Å². The molecule has 278 valence electrons. The average Bonchev–Trinajstić information content (AvgIpc) is 3.76. The van der Waals surface area contributed by atoms with Crippen LogP contribution in [0.15, 0.2) is 52.7 Å². The second-order valence-corrected chi connectivity index (χ2v) is 14.7. The van der Waals surface area contributed by atoms with E-state index in [-0.39, 0.29) is 43.4 Å². The van der Waals surface area contributed by atoms with E-state index in [1.165, 1.54) is 29.5 Å². The van der Waals surface area contributed by atoms with Crippen LogP contribution in [-0.4, -0.2) is 86.0 Å². The Kier molecular flexibility index (Phi) is 14.8. The summed E-state index contributed by atoms with van der Waals surface area (Å²) >= 11 is 1.52. The van der Waals surface area contributed by atoms with Crippen LogP contribution >= 0.6 is 11.3 Å². The third-order valence-corrected chi connectivity index (χ3v) is 10.4. The highest BCUT2D eigenvalue weighted by Crippen LogP contribution is 2.35. The van der Waals surface area contributed by atoms with Crippen LogP contribution in [0.3, 0.4) is 0 Å². The summed E-state index contributed by atoms with van der Waals surface area (Å²) in [6.45, 7) is 3.28. The van der Waals surface area contributed by atoms with E-state index in [2.05, 4.69) is 10.3 Å². The summed E-state index contributed by atoms with van der Waals surface area (Å²) in [5.74, 6) is -0.350. The number of aromatic nitrogens is 1. The number of hydrogen-bond donors (Lipinski definition) is 3. The third-order valence-electron chi connectivity index (χ3n) is 7.75. The fourth-order valence-electron chi connectivity index (χ4n) is 5.24. The monoisotopic (exact) mass is 748 g/mol. The molecule has 2 heterocycles. The van der Waals surface area contributed by atoms with Crippen molar-refractivity contribution in [1.82, 2.24) is 14.6 Å². The minimum atomic E-state index is -4.21.